The fourth-order valence-electron chi connectivity index (χ4n) is 3.25. The minimum atomic E-state index is -4.56. The molecule has 0 saturated carbocycles. The van der Waals surface area contributed by atoms with Crippen molar-refractivity contribution in [3.8, 4) is 11.3 Å². The number of hydrogen-bond donors (Lipinski definition) is 2. The van der Waals surface area contributed by atoms with E-state index < -0.39 is 17.6 Å². The molecule has 0 radical (unpaired) electrons. The lowest BCUT2D eigenvalue weighted by Gasteiger charge is -2.28. The predicted octanol–water partition coefficient (Wildman–Crippen LogP) is 3.21. The van der Waals surface area contributed by atoms with E-state index in [9.17, 15) is 13.2 Å². The molecule has 0 aromatic carbocycles. The Labute approximate surface area is 163 Å². The van der Waals surface area contributed by atoms with Gasteiger partial charge in [-0.25, -0.2) is 14.5 Å². The van der Waals surface area contributed by atoms with Crippen LogP contribution in [0, 0.1) is 5.92 Å². The van der Waals surface area contributed by atoms with Gasteiger partial charge in [0.15, 0.2) is 0 Å². The van der Waals surface area contributed by atoms with Crippen LogP contribution >= 0.6 is 11.3 Å². The van der Waals surface area contributed by atoms with Gasteiger partial charge in [-0.3, -0.25) is 0 Å². The first-order valence-corrected chi connectivity index (χ1v) is 9.73. The van der Waals surface area contributed by atoms with Crippen LogP contribution in [-0.4, -0.2) is 51.2 Å². The number of piperidine rings is 1. The summed E-state index contributed by atoms with van der Waals surface area (Å²) >= 11 is 1.37. The highest BCUT2D eigenvalue weighted by Gasteiger charge is 2.34. The summed E-state index contributed by atoms with van der Waals surface area (Å²) in [6, 6.07) is 0.966. The molecule has 150 valence electrons. The molecule has 0 atom stereocenters. The molecular formula is C17H20F3N7S. The van der Waals surface area contributed by atoms with Gasteiger partial charge in [-0.2, -0.15) is 13.2 Å². The number of likely N-dealkylation sites (tertiary alicyclic amines) is 1. The van der Waals surface area contributed by atoms with E-state index in [0.29, 0.717) is 16.6 Å². The molecule has 7 nitrogen and oxygen atoms in total. The van der Waals surface area contributed by atoms with Crippen molar-refractivity contribution in [2.45, 2.75) is 19.0 Å². The molecule has 1 aliphatic rings. The average molecular weight is 411 g/mol. The number of nitrogens with zero attached hydrogens (tertiary/aromatic N) is 5. The highest BCUT2D eigenvalue weighted by Crippen LogP contribution is 2.35. The molecule has 4 rings (SSSR count). The van der Waals surface area contributed by atoms with Crippen LogP contribution in [0.5, 0.6) is 0 Å². The number of fused-ring (bicyclic) bond motifs is 1. The number of nitrogens with one attached hydrogen (secondary N) is 1. The Kier molecular flexibility index (Phi) is 4.88. The Morgan fingerprint density at radius 2 is 2.07 bits per heavy atom. The third-order valence-electron chi connectivity index (χ3n) is 4.94. The van der Waals surface area contributed by atoms with Crippen LogP contribution in [0.2, 0.25) is 0 Å². The van der Waals surface area contributed by atoms with E-state index in [1.165, 1.54) is 17.5 Å². The Hall–Kier alpha value is -2.40. The molecule has 0 aliphatic carbocycles. The van der Waals surface area contributed by atoms with Crippen molar-refractivity contribution in [1.29, 1.82) is 0 Å². The van der Waals surface area contributed by atoms with Gasteiger partial charge in [0, 0.05) is 18.3 Å². The predicted molar refractivity (Wildman–Crippen MR) is 102 cm³/mol. The van der Waals surface area contributed by atoms with E-state index in [-0.39, 0.29) is 5.56 Å². The standard InChI is InChI=1S/C17H20F3N7S/c1-26-4-2-10(3-5-26)7-23-15-25-27-9-13(24-16(27)28-15)11-6-12(17(18,19)20)14(21)22-8-11/h6,8-10H,2-5,7H2,1H3,(H2,21,22)(H,23,25). The summed E-state index contributed by atoms with van der Waals surface area (Å²) in [6.45, 7) is 3.06. The number of nitrogen functional groups attached to an aromatic ring is 1. The number of rotatable bonds is 4. The Balaban J connectivity index is 1.49. The van der Waals surface area contributed by atoms with Crippen molar-refractivity contribution in [1.82, 2.24) is 24.5 Å². The van der Waals surface area contributed by atoms with Crippen molar-refractivity contribution in [3.05, 3.63) is 24.0 Å². The second kappa shape index (κ2) is 7.21. The second-order valence-electron chi connectivity index (χ2n) is 7.04. The van der Waals surface area contributed by atoms with Crippen molar-refractivity contribution >= 4 is 27.2 Å². The van der Waals surface area contributed by atoms with Gasteiger partial charge >= 0.3 is 6.18 Å². The fraction of sp³-hybridized carbons (Fsp3) is 0.471. The summed E-state index contributed by atoms with van der Waals surface area (Å²) in [5, 5.41) is 8.53. The minimum absolute atomic E-state index is 0.250. The van der Waals surface area contributed by atoms with Gasteiger partial charge in [0.05, 0.1) is 17.5 Å². The normalized spacial score (nSPS) is 16.7. The smallest absolute Gasteiger partial charge is 0.383 e. The molecule has 0 spiro atoms. The van der Waals surface area contributed by atoms with E-state index in [1.54, 1.807) is 10.7 Å². The summed E-state index contributed by atoms with van der Waals surface area (Å²) in [5.41, 5.74) is 5.01. The zero-order chi connectivity index (χ0) is 19.9. The van der Waals surface area contributed by atoms with E-state index in [0.717, 1.165) is 43.7 Å². The molecule has 0 amide bonds. The number of halogens is 3. The molecule has 1 fully saturated rings. The quantitative estimate of drug-likeness (QED) is 0.686. The van der Waals surface area contributed by atoms with Crippen LogP contribution in [-0.2, 0) is 6.18 Å². The maximum absolute atomic E-state index is 13.0. The number of alkyl halides is 3. The molecule has 4 heterocycles. The van der Waals surface area contributed by atoms with Gasteiger partial charge in [-0.05, 0) is 45.0 Å². The molecule has 0 unspecified atom stereocenters. The number of pyridine rings is 1. The van der Waals surface area contributed by atoms with Gasteiger partial charge in [-0.1, -0.05) is 11.3 Å². The largest absolute Gasteiger partial charge is 0.419 e. The Bertz CT molecular complexity index is 941. The second-order valence-corrected chi connectivity index (χ2v) is 8.00. The first-order chi connectivity index (χ1) is 13.3. The zero-order valence-electron chi connectivity index (χ0n) is 15.2. The molecule has 0 bridgehead atoms. The fourth-order valence-corrected chi connectivity index (χ4v) is 4.04. The van der Waals surface area contributed by atoms with Crippen molar-refractivity contribution in [2.75, 3.05) is 37.7 Å². The number of nitrogens with two attached hydrogens (primary N) is 1. The summed E-state index contributed by atoms with van der Waals surface area (Å²) in [5.74, 6) is 0.0698. The lowest BCUT2D eigenvalue weighted by molar-refractivity contribution is -0.137. The number of aromatic nitrogens is 4. The average Bonchev–Trinajstić information content (AvgIpc) is 3.19. The third kappa shape index (κ3) is 3.90. The maximum Gasteiger partial charge on any atom is 0.419 e. The monoisotopic (exact) mass is 411 g/mol. The van der Waals surface area contributed by atoms with Gasteiger partial charge in [0.25, 0.3) is 0 Å². The molecule has 3 N–H and O–H groups in total. The van der Waals surface area contributed by atoms with Crippen LogP contribution in [0.25, 0.3) is 16.2 Å². The van der Waals surface area contributed by atoms with Gasteiger partial charge in [0.1, 0.15) is 5.82 Å². The molecule has 1 saturated heterocycles. The van der Waals surface area contributed by atoms with Crippen molar-refractivity contribution < 1.29 is 13.2 Å². The molecule has 11 heteroatoms. The molecular weight excluding hydrogens is 391 g/mol. The minimum Gasteiger partial charge on any atom is -0.383 e. The molecule has 3 aromatic rings. The number of anilines is 2. The Morgan fingerprint density at radius 3 is 2.75 bits per heavy atom. The highest BCUT2D eigenvalue weighted by molar-refractivity contribution is 7.20. The van der Waals surface area contributed by atoms with E-state index in [4.69, 9.17) is 5.73 Å². The lowest BCUT2D eigenvalue weighted by atomic mass is 9.97. The summed E-state index contributed by atoms with van der Waals surface area (Å²) in [7, 11) is 2.13. The zero-order valence-corrected chi connectivity index (χ0v) is 16.0. The van der Waals surface area contributed by atoms with Crippen LogP contribution in [0.15, 0.2) is 18.5 Å². The van der Waals surface area contributed by atoms with Crippen LogP contribution in [0.4, 0.5) is 24.1 Å². The van der Waals surface area contributed by atoms with Gasteiger partial charge < -0.3 is 16.0 Å². The Morgan fingerprint density at radius 1 is 1.32 bits per heavy atom. The summed E-state index contributed by atoms with van der Waals surface area (Å²) in [4.78, 5) is 11.0. The van der Waals surface area contributed by atoms with E-state index in [2.05, 4.69) is 32.3 Å². The van der Waals surface area contributed by atoms with Crippen molar-refractivity contribution in [2.24, 2.45) is 5.92 Å². The van der Waals surface area contributed by atoms with Crippen molar-refractivity contribution in [3.63, 3.8) is 0 Å². The molecule has 28 heavy (non-hydrogen) atoms. The van der Waals surface area contributed by atoms with Gasteiger partial charge in [-0.15, -0.1) is 5.10 Å². The topological polar surface area (TPSA) is 84.4 Å². The number of hydrogen-bond acceptors (Lipinski definition) is 7. The summed E-state index contributed by atoms with van der Waals surface area (Å²) in [6.07, 6.45) is 0.632. The SMILES string of the molecule is CN1CCC(CNc2nn3cc(-c4cnc(N)c(C(F)(F)F)c4)nc3s2)CC1. The maximum atomic E-state index is 13.0. The van der Waals surface area contributed by atoms with Crippen LogP contribution in [0.3, 0.4) is 0 Å². The third-order valence-corrected chi connectivity index (χ3v) is 5.82. The van der Waals surface area contributed by atoms with Gasteiger partial charge in [0.2, 0.25) is 10.1 Å². The van der Waals surface area contributed by atoms with Crippen LogP contribution < -0.4 is 11.1 Å². The molecule has 3 aromatic heterocycles. The molecule has 1 aliphatic heterocycles. The van der Waals surface area contributed by atoms with E-state index in [1.807, 2.05) is 0 Å². The van der Waals surface area contributed by atoms with Crippen LogP contribution in [0.1, 0.15) is 18.4 Å². The first kappa shape index (κ1) is 18.9. The lowest BCUT2D eigenvalue weighted by Crippen LogP contribution is -2.32. The van der Waals surface area contributed by atoms with E-state index >= 15 is 0 Å². The summed E-state index contributed by atoms with van der Waals surface area (Å²) < 4.78 is 40.7. The first-order valence-electron chi connectivity index (χ1n) is 8.91. The number of imidazole rings is 1. The highest BCUT2D eigenvalue weighted by atomic mass is 32.1.